The minimum Gasteiger partial charge on any atom is -0.396 e. The van der Waals surface area contributed by atoms with Gasteiger partial charge in [0.1, 0.15) is 0 Å². The topological polar surface area (TPSA) is 64.0 Å². The van der Waals surface area contributed by atoms with Crippen LogP contribution < -0.4 is 0 Å². The van der Waals surface area contributed by atoms with Gasteiger partial charge in [0.15, 0.2) is 0 Å². The molecule has 2 aliphatic heterocycles. The van der Waals surface area contributed by atoms with Gasteiger partial charge < -0.3 is 15.1 Å². The molecule has 144 valence electrons. The number of carbonyl (C=O) groups is 1. The number of benzene rings is 1. The van der Waals surface area contributed by atoms with Crippen LogP contribution in [0.15, 0.2) is 24.3 Å². The highest BCUT2D eigenvalue weighted by molar-refractivity contribution is 5.94. The molecule has 0 unspecified atom stereocenters. The summed E-state index contributed by atoms with van der Waals surface area (Å²) >= 11 is 0. The Morgan fingerprint density at radius 2 is 1.88 bits per heavy atom. The van der Waals surface area contributed by atoms with Crippen LogP contribution in [-0.2, 0) is 6.54 Å². The summed E-state index contributed by atoms with van der Waals surface area (Å²) in [5, 5.41) is 20.3. The second kappa shape index (κ2) is 8.51. The van der Waals surface area contributed by atoms with Gasteiger partial charge in [-0.15, -0.1) is 0 Å². The van der Waals surface area contributed by atoms with Gasteiger partial charge in [0.25, 0.3) is 5.91 Å². The molecule has 2 N–H and O–H groups in total. The zero-order chi connectivity index (χ0) is 18.6. The number of carbonyl (C=O) groups excluding carboxylic acids is 1. The lowest BCUT2D eigenvalue weighted by atomic mass is 9.74. The predicted molar refractivity (Wildman–Crippen MR) is 102 cm³/mol. The average Bonchev–Trinajstić information content (AvgIpc) is 3.17. The van der Waals surface area contributed by atoms with Gasteiger partial charge >= 0.3 is 0 Å². The van der Waals surface area contributed by atoms with Crippen molar-refractivity contribution in [2.24, 2.45) is 5.41 Å². The maximum absolute atomic E-state index is 12.9. The van der Waals surface area contributed by atoms with Crippen molar-refractivity contribution in [1.82, 2.24) is 9.80 Å². The molecule has 0 aromatic heterocycles. The first-order valence-electron chi connectivity index (χ1n) is 9.97. The lowest BCUT2D eigenvalue weighted by Gasteiger charge is -2.45. The van der Waals surface area contributed by atoms with Crippen molar-refractivity contribution in [3.8, 4) is 0 Å². The van der Waals surface area contributed by atoms with Gasteiger partial charge in [-0.1, -0.05) is 25.5 Å². The Kier molecular flexibility index (Phi) is 6.33. The summed E-state index contributed by atoms with van der Waals surface area (Å²) in [5.74, 6) is -0.00134. The monoisotopic (exact) mass is 360 g/mol. The van der Waals surface area contributed by atoms with Gasteiger partial charge in [0.05, 0.1) is 12.7 Å². The second-order valence-corrected chi connectivity index (χ2v) is 7.98. The van der Waals surface area contributed by atoms with E-state index in [2.05, 4.69) is 17.0 Å². The van der Waals surface area contributed by atoms with E-state index in [1.165, 1.54) is 18.4 Å². The molecule has 1 aromatic carbocycles. The number of piperidine rings is 1. The summed E-state index contributed by atoms with van der Waals surface area (Å²) in [4.78, 5) is 17.2. The molecule has 5 nitrogen and oxygen atoms in total. The molecule has 0 saturated carbocycles. The van der Waals surface area contributed by atoms with Crippen molar-refractivity contribution in [3.63, 3.8) is 0 Å². The molecular weight excluding hydrogens is 328 g/mol. The molecule has 2 aliphatic rings. The van der Waals surface area contributed by atoms with Gasteiger partial charge in [-0.2, -0.15) is 0 Å². The summed E-state index contributed by atoms with van der Waals surface area (Å²) in [6.45, 7) is 6.21. The van der Waals surface area contributed by atoms with Crippen molar-refractivity contribution < 1.29 is 15.0 Å². The molecular formula is C21H32N2O3. The minimum absolute atomic E-state index is 0.00134. The summed E-state index contributed by atoms with van der Waals surface area (Å²) in [5.41, 5.74) is 1.35. The molecule has 5 heteroatoms. The summed E-state index contributed by atoms with van der Waals surface area (Å²) in [6, 6.07) is 7.93. The molecule has 2 saturated heterocycles. The largest absolute Gasteiger partial charge is 0.396 e. The van der Waals surface area contributed by atoms with Crippen molar-refractivity contribution in [2.45, 2.75) is 51.7 Å². The molecule has 2 atom stereocenters. The van der Waals surface area contributed by atoms with E-state index in [1.54, 1.807) is 4.90 Å². The van der Waals surface area contributed by atoms with Crippen LogP contribution in [0.4, 0.5) is 0 Å². The number of hydrogen-bond acceptors (Lipinski definition) is 4. The predicted octanol–water partition coefficient (Wildman–Crippen LogP) is 2.27. The van der Waals surface area contributed by atoms with Crippen molar-refractivity contribution in [1.29, 1.82) is 0 Å². The van der Waals surface area contributed by atoms with Crippen LogP contribution in [0.25, 0.3) is 0 Å². The van der Waals surface area contributed by atoms with E-state index < -0.39 is 11.5 Å². The average molecular weight is 360 g/mol. The fourth-order valence-corrected chi connectivity index (χ4v) is 4.43. The lowest BCUT2D eigenvalue weighted by molar-refractivity contribution is -0.0720. The van der Waals surface area contributed by atoms with E-state index in [0.717, 1.165) is 32.5 Å². The van der Waals surface area contributed by atoms with Crippen LogP contribution in [0.2, 0.25) is 0 Å². The number of amides is 1. The molecule has 2 heterocycles. The summed E-state index contributed by atoms with van der Waals surface area (Å²) in [7, 11) is 0. The number of aliphatic hydroxyl groups excluding tert-OH is 2. The number of aliphatic hydroxyl groups is 2. The first-order chi connectivity index (χ1) is 12.6. The maximum Gasteiger partial charge on any atom is 0.253 e. The van der Waals surface area contributed by atoms with Crippen LogP contribution in [-0.4, -0.2) is 64.8 Å². The Morgan fingerprint density at radius 3 is 2.50 bits per heavy atom. The highest BCUT2D eigenvalue weighted by Gasteiger charge is 2.43. The molecule has 3 rings (SSSR count). The SMILES string of the molecule is CCC[C@@]1(CO)CN(C(=O)c2ccc(CN3CCCC3)cc2)CC[C@@H]1O. The Hall–Kier alpha value is -1.43. The smallest absolute Gasteiger partial charge is 0.253 e. The van der Waals surface area contributed by atoms with E-state index in [1.807, 2.05) is 19.1 Å². The third-order valence-electron chi connectivity index (χ3n) is 6.04. The third kappa shape index (κ3) is 4.11. The molecule has 0 spiro atoms. The van der Waals surface area contributed by atoms with E-state index >= 15 is 0 Å². The number of likely N-dealkylation sites (tertiary alicyclic amines) is 2. The quantitative estimate of drug-likeness (QED) is 0.817. The van der Waals surface area contributed by atoms with Crippen LogP contribution in [0.1, 0.15) is 54.9 Å². The molecule has 0 radical (unpaired) electrons. The van der Waals surface area contributed by atoms with Crippen molar-refractivity contribution >= 4 is 5.91 Å². The maximum atomic E-state index is 12.9. The fraction of sp³-hybridized carbons (Fsp3) is 0.667. The van der Waals surface area contributed by atoms with Gasteiger partial charge in [-0.25, -0.2) is 0 Å². The molecule has 2 fully saturated rings. The van der Waals surface area contributed by atoms with E-state index in [0.29, 0.717) is 25.1 Å². The standard InChI is InChI=1S/C21H32N2O3/c1-2-10-21(16-24)15-23(13-9-19(21)25)20(26)18-7-5-17(6-8-18)14-22-11-3-4-12-22/h5-8,19,24-25H,2-4,9-16H2,1H3/t19-,21-/m0/s1. The van der Waals surface area contributed by atoms with Gasteiger partial charge in [-0.05, 0) is 56.5 Å². The number of rotatable bonds is 6. The highest BCUT2D eigenvalue weighted by atomic mass is 16.3. The molecule has 26 heavy (non-hydrogen) atoms. The number of nitrogens with zero attached hydrogens (tertiary/aromatic N) is 2. The molecule has 0 aliphatic carbocycles. The Balaban J connectivity index is 1.66. The lowest BCUT2D eigenvalue weighted by Crippen LogP contribution is -2.55. The van der Waals surface area contributed by atoms with Crippen molar-refractivity contribution in [2.75, 3.05) is 32.8 Å². The van der Waals surface area contributed by atoms with Gasteiger partial charge in [-0.3, -0.25) is 9.69 Å². The van der Waals surface area contributed by atoms with Gasteiger partial charge in [0, 0.05) is 30.6 Å². The van der Waals surface area contributed by atoms with E-state index in [9.17, 15) is 15.0 Å². The van der Waals surface area contributed by atoms with E-state index in [-0.39, 0.29) is 12.5 Å². The van der Waals surface area contributed by atoms with Crippen LogP contribution in [0.3, 0.4) is 0 Å². The van der Waals surface area contributed by atoms with Crippen LogP contribution in [0, 0.1) is 5.41 Å². The first kappa shape index (κ1) is 19.3. The highest BCUT2D eigenvalue weighted by Crippen LogP contribution is 2.35. The number of hydrogen-bond donors (Lipinski definition) is 2. The summed E-state index contributed by atoms with van der Waals surface area (Å²) < 4.78 is 0. The summed E-state index contributed by atoms with van der Waals surface area (Å²) in [6.07, 6.45) is 4.15. The Morgan fingerprint density at radius 1 is 1.19 bits per heavy atom. The second-order valence-electron chi connectivity index (χ2n) is 7.98. The zero-order valence-corrected chi connectivity index (χ0v) is 15.9. The van der Waals surface area contributed by atoms with Crippen molar-refractivity contribution in [3.05, 3.63) is 35.4 Å². The van der Waals surface area contributed by atoms with Crippen LogP contribution >= 0.6 is 0 Å². The molecule has 0 bridgehead atoms. The molecule has 1 amide bonds. The van der Waals surface area contributed by atoms with Crippen LogP contribution in [0.5, 0.6) is 0 Å². The Bertz CT molecular complexity index is 598. The van der Waals surface area contributed by atoms with Gasteiger partial charge in [0.2, 0.25) is 0 Å². The van der Waals surface area contributed by atoms with E-state index in [4.69, 9.17) is 0 Å². The fourth-order valence-electron chi connectivity index (χ4n) is 4.43. The molecule has 1 aromatic rings. The zero-order valence-electron chi connectivity index (χ0n) is 15.9. The third-order valence-corrected chi connectivity index (χ3v) is 6.04. The minimum atomic E-state index is -0.585. The first-order valence-corrected chi connectivity index (χ1v) is 9.97. The Labute approximate surface area is 156 Å². The normalized spacial score (nSPS) is 27.0.